The van der Waals surface area contributed by atoms with Crippen LogP contribution in [0.2, 0.25) is 0 Å². The van der Waals surface area contributed by atoms with Crippen molar-refractivity contribution < 1.29 is 11.3 Å². The van der Waals surface area contributed by atoms with Crippen LogP contribution in [0.25, 0.3) is 88.0 Å². The highest BCUT2D eigenvalue weighted by atomic mass is 16.3. The van der Waals surface area contributed by atoms with E-state index in [2.05, 4.69) is 109 Å². The van der Waals surface area contributed by atoms with Crippen LogP contribution in [-0.2, 0) is 0 Å². The van der Waals surface area contributed by atoms with Crippen LogP contribution in [0.4, 0.5) is 0 Å². The maximum absolute atomic E-state index is 8.47. The van der Waals surface area contributed by atoms with Gasteiger partial charge in [0.05, 0.1) is 6.85 Å². The summed E-state index contributed by atoms with van der Waals surface area (Å²) in [5.41, 5.74) is 9.08. The Bertz CT molecular complexity index is 2720. The Hall–Kier alpha value is -5.92. The van der Waals surface area contributed by atoms with Gasteiger partial charge in [-0.3, -0.25) is 0 Å². The quantitative estimate of drug-likeness (QED) is 0.190. The number of rotatable bonds is 4. The van der Waals surface area contributed by atoms with Crippen LogP contribution >= 0.6 is 0 Å². The molecule has 1 aromatic heterocycles. The van der Waals surface area contributed by atoms with E-state index in [1.807, 2.05) is 30.3 Å². The van der Waals surface area contributed by atoms with Crippen molar-refractivity contribution in [2.75, 3.05) is 0 Å². The van der Waals surface area contributed by atoms with Crippen LogP contribution in [0, 0.1) is 0 Å². The third kappa shape index (κ3) is 4.24. The molecule has 0 saturated heterocycles. The fourth-order valence-corrected chi connectivity index (χ4v) is 6.69. The Labute approximate surface area is 268 Å². The van der Waals surface area contributed by atoms with Gasteiger partial charge in [0.2, 0.25) is 0 Å². The van der Waals surface area contributed by atoms with E-state index < -0.39 is 6.04 Å². The van der Waals surface area contributed by atoms with Gasteiger partial charge in [0.1, 0.15) is 11.2 Å². The van der Waals surface area contributed by atoms with E-state index >= 15 is 0 Å². The van der Waals surface area contributed by atoms with Gasteiger partial charge in [-0.1, -0.05) is 145 Å². The highest BCUT2D eigenvalue weighted by Gasteiger charge is 2.18. The van der Waals surface area contributed by atoms with Crippen molar-refractivity contribution in [1.29, 1.82) is 0 Å². The molecule has 0 aliphatic rings. The van der Waals surface area contributed by atoms with Crippen LogP contribution in [0.1, 0.15) is 6.85 Å². The van der Waals surface area contributed by atoms with Crippen molar-refractivity contribution in [3.8, 4) is 44.5 Å². The molecule has 9 aromatic rings. The Kier molecular flexibility index (Phi) is 4.81. The second-order valence-electron chi connectivity index (χ2n) is 11.3. The van der Waals surface area contributed by atoms with Gasteiger partial charge >= 0.3 is 0 Å². The summed E-state index contributed by atoms with van der Waals surface area (Å²) in [5, 5.41) is 6.57. The molecule has 45 heavy (non-hydrogen) atoms. The lowest BCUT2D eigenvalue weighted by molar-refractivity contribution is 0.669. The summed E-state index contributed by atoms with van der Waals surface area (Å²) in [4.78, 5) is 0. The molecular formula is C44H28O. The van der Waals surface area contributed by atoms with Gasteiger partial charge in [-0.15, -0.1) is 0 Å². The second-order valence-corrected chi connectivity index (χ2v) is 11.3. The SMILES string of the molecule is [2H]c1c([2H])c([2H])c(-c2ccc(-c3c4ccccc4c(-c4ccc5oc6ccc(-c7ccccc7)cc6c5c4)c4ccccc34)cc2)c([2H])c1[2H]. The first-order valence-corrected chi connectivity index (χ1v) is 15.0. The van der Waals surface area contributed by atoms with Crippen molar-refractivity contribution in [2.24, 2.45) is 0 Å². The normalized spacial score (nSPS) is 13.1. The minimum atomic E-state index is -0.393. The zero-order chi connectivity index (χ0) is 34.1. The molecule has 0 spiro atoms. The molecule has 0 N–H and O–H groups in total. The minimum Gasteiger partial charge on any atom is -0.456 e. The topological polar surface area (TPSA) is 13.1 Å². The third-order valence-electron chi connectivity index (χ3n) is 8.76. The van der Waals surface area contributed by atoms with Crippen LogP contribution in [0.3, 0.4) is 0 Å². The van der Waals surface area contributed by atoms with E-state index in [4.69, 9.17) is 11.3 Å². The van der Waals surface area contributed by atoms with Crippen LogP contribution in [-0.4, -0.2) is 0 Å². The molecule has 0 aliphatic heterocycles. The Morgan fingerprint density at radius 1 is 0.333 bits per heavy atom. The summed E-state index contributed by atoms with van der Waals surface area (Å²) in [7, 11) is 0. The summed E-state index contributed by atoms with van der Waals surface area (Å²) in [6, 6.07) is 46.3. The van der Waals surface area contributed by atoms with E-state index in [1.165, 1.54) is 0 Å². The predicted octanol–water partition coefficient (Wildman–Crippen LogP) is 12.6. The van der Waals surface area contributed by atoms with Gasteiger partial charge < -0.3 is 4.42 Å². The largest absolute Gasteiger partial charge is 0.456 e. The molecule has 9 rings (SSSR count). The first-order chi connectivity index (χ1) is 24.4. The Morgan fingerprint density at radius 2 is 0.778 bits per heavy atom. The highest BCUT2D eigenvalue weighted by molar-refractivity contribution is 6.22. The van der Waals surface area contributed by atoms with E-state index in [-0.39, 0.29) is 29.7 Å². The van der Waals surface area contributed by atoms with Crippen LogP contribution in [0.5, 0.6) is 0 Å². The molecule has 0 unspecified atom stereocenters. The highest BCUT2D eigenvalue weighted by Crippen LogP contribution is 2.45. The third-order valence-corrected chi connectivity index (χ3v) is 8.76. The standard InChI is InChI=1S/C44H28O/c1-3-11-29(12-4-1)31-19-21-32(22-20-31)43-35-15-7-9-17-37(35)44(38-18-10-8-16-36(38)43)34-24-26-42-40(28-34)39-27-33(23-25-41(39)45-42)30-13-5-2-6-14-30/h1-28H/i1D,3D,4D,11D,12D. The molecule has 1 nitrogen and oxygen atoms in total. The van der Waals surface area contributed by atoms with E-state index in [1.54, 1.807) is 0 Å². The average molecular weight is 578 g/mol. The lowest BCUT2D eigenvalue weighted by Gasteiger charge is -2.18. The maximum atomic E-state index is 8.47. The summed E-state index contributed by atoms with van der Waals surface area (Å²) >= 11 is 0. The number of benzene rings is 8. The van der Waals surface area contributed by atoms with E-state index in [9.17, 15) is 0 Å². The summed E-state index contributed by atoms with van der Waals surface area (Å²) in [6.07, 6.45) is 0. The maximum Gasteiger partial charge on any atom is 0.135 e. The fourth-order valence-electron chi connectivity index (χ4n) is 6.69. The molecule has 0 bridgehead atoms. The van der Waals surface area contributed by atoms with E-state index in [0.29, 0.717) is 5.56 Å². The Balaban J connectivity index is 1.24. The predicted molar refractivity (Wildman–Crippen MR) is 190 cm³/mol. The molecule has 0 amide bonds. The molecule has 1 heterocycles. The van der Waals surface area contributed by atoms with Crippen LogP contribution in [0.15, 0.2) is 174 Å². The molecule has 0 atom stereocenters. The lowest BCUT2D eigenvalue weighted by Crippen LogP contribution is -1.91. The summed E-state index contributed by atoms with van der Waals surface area (Å²) in [5.74, 6) is 0. The van der Waals surface area contributed by atoms with Crippen molar-refractivity contribution in [2.45, 2.75) is 0 Å². The van der Waals surface area contributed by atoms with Crippen molar-refractivity contribution in [1.82, 2.24) is 0 Å². The molecule has 210 valence electrons. The summed E-state index contributed by atoms with van der Waals surface area (Å²) in [6.45, 7) is 0. The molecule has 0 radical (unpaired) electrons. The molecule has 0 aliphatic carbocycles. The van der Waals surface area contributed by atoms with Gasteiger partial charge in [0.15, 0.2) is 0 Å². The molecule has 0 fully saturated rings. The first kappa shape index (κ1) is 20.9. The minimum absolute atomic E-state index is 0.200. The zero-order valence-corrected chi connectivity index (χ0v) is 24.2. The van der Waals surface area contributed by atoms with Crippen LogP contribution < -0.4 is 0 Å². The molecule has 1 heteroatoms. The fraction of sp³-hybridized carbons (Fsp3) is 0. The molecule has 8 aromatic carbocycles. The number of furan rings is 1. The van der Waals surface area contributed by atoms with Crippen molar-refractivity contribution in [3.05, 3.63) is 170 Å². The average Bonchev–Trinajstić information content (AvgIpc) is 3.53. The first-order valence-electron chi connectivity index (χ1n) is 17.5. The van der Waals surface area contributed by atoms with Crippen molar-refractivity contribution >= 4 is 43.5 Å². The van der Waals surface area contributed by atoms with Gasteiger partial charge in [-0.2, -0.15) is 0 Å². The monoisotopic (exact) mass is 577 g/mol. The Morgan fingerprint density at radius 3 is 1.38 bits per heavy atom. The van der Waals surface area contributed by atoms with Crippen molar-refractivity contribution in [3.63, 3.8) is 0 Å². The van der Waals surface area contributed by atoms with Gasteiger partial charge in [-0.25, -0.2) is 0 Å². The molecular weight excluding hydrogens is 544 g/mol. The van der Waals surface area contributed by atoms with E-state index in [0.717, 1.165) is 76.9 Å². The number of hydrogen-bond acceptors (Lipinski definition) is 1. The number of fused-ring (bicyclic) bond motifs is 5. The van der Waals surface area contributed by atoms with Gasteiger partial charge in [0, 0.05) is 10.8 Å². The zero-order valence-electron chi connectivity index (χ0n) is 29.2. The molecule has 0 saturated carbocycles. The summed E-state index contributed by atoms with van der Waals surface area (Å²) < 4.78 is 47.5. The van der Waals surface area contributed by atoms with Gasteiger partial charge in [0.25, 0.3) is 0 Å². The second kappa shape index (κ2) is 10.4. The lowest BCUT2D eigenvalue weighted by atomic mass is 9.85. The van der Waals surface area contributed by atoms with Gasteiger partial charge in [-0.05, 0) is 90.3 Å². The number of hydrogen-bond donors (Lipinski definition) is 0. The smallest absolute Gasteiger partial charge is 0.135 e.